The van der Waals surface area contributed by atoms with E-state index in [0.29, 0.717) is 0 Å². The second kappa shape index (κ2) is 5.58. The topological polar surface area (TPSA) is 80.3 Å². The monoisotopic (exact) mass is 277 g/mol. The van der Waals surface area contributed by atoms with Crippen LogP contribution >= 0.6 is 0 Å². The molecule has 1 aromatic rings. The third kappa shape index (κ3) is 3.54. The number of hydrogen-bond acceptors (Lipinski definition) is 5. The molecule has 0 aliphatic carbocycles. The van der Waals surface area contributed by atoms with Gasteiger partial charge in [-0.25, -0.2) is 0 Å². The number of amides is 1. The third-order valence-corrected chi connectivity index (χ3v) is 2.84. The van der Waals surface area contributed by atoms with E-state index in [1.54, 1.807) is 18.5 Å². The van der Waals surface area contributed by atoms with Gasteiger partial charge in [-0.1, -0.05) is 6.07 Å². The number of pyridine rings is 1. The van der Waals surface area contributed by atoms with E-state index in [4.69, 9.17) is 4.74 Å². The van der Waals surface area contributed by atoms with E-state index in [0.717, 1.165) is 5.56 Å². The van der Waals surface area contributed by atoms with Crippen LogP contribution in [0.5, 0.6) is 0 Å². The van der Waals surface area contributed by atoms with Gasteiger partial charge in [-0.15, -0.1) is 0 Å². The first kappa shape index (κ1) is 14.5. The fraction of sp³-hybridized carbons (Fsp3) is 0.500. The molecule has 6 heteroatoms. The lowest BCUT2D eigenvalue weighted by molar-refractivity contribution is -0.159. The Hall–Kier alpha value is -1.95. The fourth-order valence-electron chi connectivity index (χ4n) is 2.05. The highest BCUT2D eigenvalue weighted by molar-refractivity contribution is 5.85. The number of nitrogens with zero attached hydrogens (tertiary/aromatic N) is 1. The van der Waals surface area contributed by atoms with Crippen LogP contribution in [0, 0.1) is 0 Å². The van der Waals surface area contributed by atoms with E-state index >= 15 is 0 Å². The number of hydrogen-bond donors (Lipinski definition) is 2. The lowest BCUT2D eigenvalue weighted by atomic mass is 9.98. The molecule has 1 saturated heterocycles. The second-order valence-corrected chi connectivity index (χ2v) is 5.72. The van der Waals surface area contributed by atoms with Crippen LogP contribution in [0.15, 0.2) is 24.5 Å². The quantitative estimate of drug-likeness (QED) is 0.772. The van der Waals surface area contributed by atoms with Crippen molar-refractivity contribution in [1.29, 1.82) is 0 Å². The normalized spacial score (nSPS) is 23.1. The summed E-state index contributed by atoms with van der Waals surface area (Å²) >= 11 is 0. The van der Waals surface area contributed by atoms with Gasteiger partial charge >= 0.3 is 5.97 Å². The van der Waals surface area contributed by atoms with Gasteiger partial charge in [0.1, 0.15) is 11.6 Å². The average Bonchev–Trinajstić information content (AvgIpc) is 2.37. The van der Waals surface area contributed by atoms with Crippen molar-refractivity contribution in [3.63, 3.8) is 0 Å². The van der Waals surface area contributed by atoms with E-state index in [-0.39, 0.29) is 18.4 Å². The molecule has 2 N–H and O–H groups in total. The first-order valence-corrected chi connectivity index (χ1v) is 6.52. The molecule has 0 saturated carbocycles. The van der Waals surface area contributed by atoms with Crippen molar-refractivity contribution < 1.29 is 14.3 Å². The van der Waals surface area contributed by atoms with Crippen LogP contribution < -0.4 is 10.6 Å². The molecule has 1 amide bonds. The van der Waals surface area contributed by atoms with Gasteiger partial charge in [-0.05, 0) is 32.4 Å². The van der Waals surface area contributed by atoms with Gasteiger partial charge in [0.05, 0.1) is 12.6 Å². The Labute approximate surface area is 117 Å². The summed E-state index contributed by atoms with van der Waals surface area (Å²) in [5, 5.41) is 5.73. The highest BCUT2D eigenvalue weighted by Gasteiger charge is 2.37. The Kier molecular flexibility index (Phi) is 4.04. The predicted octanol–water partition coefficient (Wildman–Crippen LogP) is 0.552. The van der Waals surface area contributed by atoms with Crippen LogP contribution in [0.3, 0.4) is 0 Å². The van der Waals surface area contributed by atoms with Gasteiger partial charge in [0.25, 0.3) is 0 Å². The molecule has 2 rings (SSSR count). The van der Waals surface area contributed by atoms with Gasteiger partial charge < -0.3 is 10.1 Å². The minimum absolute atomic E-state index is 0.0979. The molecule has 0 bridgehead atoms. The Bertz CT molecular complexity index is 496. The standard InChI is InChI=1S/C14H19N3O3/c1-14(2,3)20-13(19)12-11(17-10(18)8-16-12)9-5-4-6-15-7-9/h4-7,11-12,16H,8H2,1-3H3,(H,17,18)/t11-,12+/m0/s1. The number of rotatable bonds is 2. The molecule has 20 heavy (non-hydrogen) atoms. The molecule has 0 spiro atoms. The highest BCUT2D eigenvalue weighted by atomic mass is 16.6. The van der Waals surface area contributed by atoms with E-state index in [1.807, 2.05) is 26.8 Å². The Morgan fingerprint density at radius 3 is 2.80 bits per heavy atom. The van der Waals surface area contributed by atoms with E-state index in [9.17, 15) is 9.59 Å². The number of esters is 1. The second-order valence-electron chi connectivity index (χ2n) is 5.72. The molecule has 2 atom stereocenters. The molecule has 0 unspecified atom stereocenters. The summed E-state index contributed by atoms with van der Waals surface area (Å²) in [5.41, 5.74) is 0.198. The number of carbonyl (C=O) groups is 2. The van der Waals surface area contributed by atoms with Crippen molar-refractivity contribution in [2.24, 2.45) is 0 Å². The van der Waals surface area contributed by atoms with Gasteiger partial charge in [-0.2, -0.15) is 0 Å². The molecule has 1 aliphatic rings. The van der Waals surface area contributed by atoms with Crippen LogP contribution in [0.1, 0.15) is 32.4 Å². The maximum absolute atomic E-state index is 12.2. The van der Waals surface area contributed by atoms with Crippen molar-refractivity contribution in [3.8, 4) is 0 Å². The zero-order chi connectivity index (χ0) is 14.8. The van der Waals surface area contributed by atoms with Crippen molar-refractivity contribution in [3.05, 3.63) is 30.1 Å². The summed E-state index contributed by atoms with van der Waals surface area (Å²) in [6, 6.07) is 2.50. The molecule has 0 aromatic carbocycles. The average molecular weight is 277 g/mol. The lowest BCUT2D eigenvalue weighted by Crippen LogP contribution is -2.58. The number of piperazine rings is 1. The van der Waals surface area contributed by atoms with Gasteiger partial charge in [-0.3, -0.25) is 19.9 Å². The molecule has 2 heterocycles. The number of carbonyl (C=O) groups excluding carboxylic acids is 2. The molecule has 0 radical (unpaired) electrons. The number of ether oxygens (including phenoxy) is 1. The summed E-state index contributed by atoms with van der Waals surface area (Å²) in [5.74, 6) is -0.537. The fourth-order valence-corrected chi connectivity index (χ4v) is 2.05. The summed E-state index contributed by atoms with van der Waals surface area (Å²) < 4.78 is 5.39. The van der Waals surface area contributed by atoms with Gasteiger partial charge in [0.15, 0.2) is 0 Å². The van der Waals surface area contributed by atoms with E-state index < -0.39 is 17.7 Å². The molecule has 108 valence electrons. The van der Waals surface area contributed by atoms with E-state index in [1.165, 1.54) is 0 Å². The van der Waals surface area contributed by atoms with Crippen LogP contribution in [-0.2, 0) is 14.3 Å². The minimum Gasteiger partial charge on any atom is -0.459 e. The zero-order valence-corrected chi connectivity index (χ0v) is 11.8. The molecule has 1 aliphatic heterocycles. The Morgan fingerprint density at radius 1 is 1.45 bits per heavy atom. The summed E-state index contributed by atoms with van der Waals surface area (Å²) in [6.07, 6.45) is 3.28. The molecular formula is C14H19N3O3. The zero-order valence-electron chi connectivity index (χ0n) is 11.8. The highest BCUT2D eigenvalue weighted by Crippen LogP contribution is 2.21. The van der Waals surface area contributed by atoms with Crippen molar-refractivity contribution >= 4 is 11.9 Å². The van der Waals surface area contributed by atoms with Crippen molar-refractivity contribution in [2.75, 3.05) is 6.54 Å². The smallest absolute Gasteiger partial charge is 0.326 e. The Balaban J connectivity index is 2.21. The lowest BCUT2D eigenvalue weighted by Gasteiger charge is -2.33. The number of aromatic nitrogens is 1. The SMILES string of the molecule is CC(C)(C)OC(=O)[C@@H]1NCC(=O)N[C@H]1c1cccnc1. The maximum atomic E-state index is 12.2. The first-order valence-electron chi connectivity index (χ1n) is 6.52. The van der Waals surface area contributed by atoms with Crippen LogP contribution in [0.2, 0.25) is 0 Å². The number of nitrogens with one attached hydrogen (secondary N) is 2. The van der Waals surface area contributed by atoms with Gasteiger partial charge in [0.2, 0.25) is 5.91 Å². The summed E-state index contributed by atoms with van der Waals surface area (Å²) in [7, 11) is 0. The summed E-state index contributed by atoms with van der Waals surface area (Å²) in [6.45, 7) is 5.53. The van der Waals surface area contributed by atoms with Gasteiger partial charge in [0, 0.05) is 12.4 Å². The maximum Gasteiger partial charge on any atom is 0.326 e. The molecule has 1 fully saturated rings. The minimum atomic E-state index is -0.615. The molecule has 6 nitrogen and oxygen atoms in total. The predicted molar refractivity (Wildman–Crippen MR) is 72.8 cm³/mol. The van der Waals surface area contributed by atoms with Crippen molar-refractivity contribution in [1.82, 2.24) is 15.6 Å². The largest absolute Gasteiger partial charge is 0.459 e. The van der Waals surface area contributed by atoms with Crippen molar-refractivity contribution in [2.45, 2.75) is 38.5 Å². The third-order valence-electron chi connectivity index (χ3n) is 2.84. The van der Waals surface area contributed by atoms with Crippen LogP contribution in [0.25, 0.3) is 0 Å². The summed E-state index contributed by atoms with van der Waals surface area (Å²) in [4.78, 5) is 27.8. The van der Waals surface area contributed by atoms with E-state index in [2.05, 4.69) is 15.6 Å². The van der Waals surface area contributed by atoms with Crippen LogP contribution in [-0.4, -0.2) is 35.0 Å². The Morgan fingerprint density at radius 2 is 2.20 bits per heavy atom. The first-order chi connectivity index (χ1) is 9.37. The van der Waals surface area contributed by atoms with Crippen LogP contribution in [0.4, 0.5) is 0 Å². The molecular weight excluding hydrogens is 258 g/mol. The molecule has 1 aromatic heterocycles.